The average Bonchev–Trinajstić information content (AvgIpc) is 2.92. The van der Waals surface area contributed by atoms with Crippen molar-refractivity contribution < 1.29 is 4.79 Å². The lowest BCUT2D eigenvalue weighted by Gasteiger charge is -2.27. The summed E-state index contributed by atoms with van der Waals surface area (Å²) in [6, 6.07) is 8.11. The maximum absolute atomic E-state index is 13.1. The molecule has 0 bridgehead atoms. The monoisotopic (exact) mass is 408 g/mol. The van der Waals surface area contributed by atoms with Crippen LogP contribution >= 0.6 is 0 Å². The molecule has 1 saturated heterocycles. The molecule has 2 heterocycles. The molecule has 0 saturated carbocycles. The molecule has 1 aromatic heterocycles. The summed E-state index contributed by atoms with van der Waals surface area (Å²) in [6.07, 6.45) is 0.936. The van der Waals surface area contributed by atoms with E-state index < -0.39 is 0 Å². The summed E-state index contributed by atoms with van der Waals surface area (Å²) >= 11 is 0. The van der Waals surface area contributed by atoms with Crippen molar-refractivity contribution in [1.82, 2.24) is 14.9 Å². The number of aryl methyl sites for hydroxylation is 2. The van der Waals surface area contributed by atoms with E-state index in [1.54, 1.807) is 0 Å². The maximum Gasteiger partial charge on any atom is 0.253 e. The first-order valence-corrected chi connectivity index (χ1v) is 11.1. The van der Waals surface area contributed by atoms with Crippen molar-refractivity contribution in [2.45, 2.75) is 66.2 Å². The molecule has 5 heteroatoms. The van der Waals surface area contributed by atoms with Gasteiger partial charge in [0.05, 0.1) is 0 Å². The normalized spacial score (nSPS) is 15.5. The summed E-state index contributed by atoms with van der Waals surface area (Å²) in [5, 5.41) is 0. The number of carbonyl (C=O) groups excluding carboxylic acids is 1. The highest BCUT2D eigenvalue weighted by Gasteiger charge is 2.25. The van der Waals surface area contributed by atoms with Crippen LogP contribution in [0.25, 0.3) is 0 Å². The van der Waals surface area contributed by atoms with Crippen LogP contribution in [0.15, 0.2) is 24.3 Å². The van der Waals surface area contributed by atoms with Crippen LogP contribution in [-0.4, -0.2) is 47.0 Å². The topological polar surface area (TPSA) is 49.3 Å². The molecule has 0 spiro atoms. The molecule has 162 valence electrons. The summed E-state index contributed by atoms with van der Waals surface area (Å²) in [7, 11) is 0. The summed E-state index contributed by atoms with van der Waals surface area (Å²) in [5.74, 6) is 2.33. The molecule has 5 nitrogen and oxygen atoms in total. The fourth-order valence-corrected chi connectivity index (χ4v) is 4.25. The quantitative estimate of drug-likeness (QED) is 0.727. The summed E-state index contributed by atoms with van der Waals surface area (Å²) in [4.78, 5) is 26.8. The third-order valence-corrected chi connectivity index (χ3v) is 5.89. The van der Waals surface area contributed by atoms with Gasteiger partial charge in [-0.2, -0.15) is 0 Å². The molecule has 1 aliphatic heterocycles. The highest BCUT2D eigenvalue weighted by atomic mass is 16.2. The smallest absolute Gasteiger partial charge is 0.253 e. The standard InChI is InChI=1S/C25H36N4O/c1-17(2)22-18(3)26-19(4)27-23(22)28-13-8-14-29(16-15-28)24(30)20-9-11-21(12-10-20)25(5,6)7/h9-12,17H,8,13-16H2,1-7H3. The lowest BCUT2D eigenvalue weighted by Crippen LogP contribution is -2.36. The number of carbonyl (C=O) groups is 1. The second kappa shape index (κ2) is 8.75. The molecule has 0 N–H and O–H groups in total. The van der Waals surface area contributed by atoms with Gasteiger partial charge in [0, 0.05) is 43.0 Å². The van der Waals surface area contributed by atoms with Gasteiger partial charge in [0.25, 0.3) is 5.91 Å². The first kappa shape index (κ1) is 22.3. The minimum atomic E-state index is 0.0899. The molecular weight excluding hydrogens is 372 g/mol. The van der Waals surface area contributed by atoms with Crippen molar-refractivity contribution in [2.24, 2.45) is 0 Å². The molecule has 2 aromatic rings. The van der Waals surface area contributed by atoms with Gasteiger partial charge < -0.3 is 9.80 Å². The third-order valence-electron chi connectivity index (χ3n) is 5.89. The number of hydrogen-bond acceptors (Lipinski definition) is 4. The third kappa shape index (κ3) is 4.82. The van der Waals surface area contributed by atoms with Crippen LogP contribution in [0.4, 0.5) is 5.82 Å². The van der Waals surface area contributed by atoms with Gasteiger partial charge in [-0.05, 0) is 49.3 Å². The zero-order chi connectivity index (χ0) is 22.1. The first-order valence-electron chi connectivity index (χ1n) is 11.1. The van der Waals surface area contributed by atoms with Gasteiger partial charge in [0.2, 0.25) is 0 Å². The minimum Gasteiger partial charge on any atom is -0.354 e. The van der Waals surface area contributed by atoms with Crippen molar-refractivity contribution in [3.8, 4) is 0 Å². The molecule has 1 aliphatic rings. The van der Waals surface area contributed by atoms with Gasteiger partial charge >= 0.3 is 0 Å². The Morgan fingerprint density at radius 1 is 0.967 bits per heavy atom. The SMILES string of the molecule is Cc1nc(C)c(C(C)C)c(N2CCCN(C(=O)c3ccc(C(C)(C)C)cc3)CC2)n1. The van der Waals surface area contributed by atoms with Crippen LogP contribution in [0.3, 0.4) is 0 Å². The zero-order valence-corrected chi connectivity index (χ0v) is 19.6. The van der Waals surface area contributed by atoms with Crippen LogP contribution < -0.4 is 4.90 Å². The number of aromatic nitrogens is 2. The molecule has 0 aliphatic carbocycles. The Balaban J connectivity index is 1.76. The van der Waals surface area contributed by atoms with Crippen molar-refractivity contribution >= 4 is 11.7 Å². The Hall–Kier alpha value is -2.43. The van der Waals surface area contributed by atoms with Gasteiger partial charge in [-0.1, -0.05) is 46.8 Å². The van der Waals surface area contributed by atoms with Crippen LogP contribution in [0.5, 0.6) is 0 Å². The molecule has 1 aromatic carbocycles. The van der Waals surface area contributed by atoms with Crippen molar-refractivity contribution in [3.05, 3.63) is 52.5 Å². The van der Waals surface area contributed by atoms with E-state index in [0.717, 1.165) is 49.0 Å². The van der Waals surface area contributed by atoms with Crippen molar-refractivity contribution in [3.63, 3.8) is 0 Å². The van der Waals surface area contributed by atoms with E-state index in [1.807, 2.05) is 24.0 Å². The largest absolute Gasteiger partial charge is 0.354 e. The Morgan fingerprint density at radius 2 is 1.63 bits per heavy atom. The van der Waals surface area contributed by atoms with E-state index in [9.17, 15) is 4.79 Å². The Kier molecular flexibility index (Phi) is 6.49. The predicted molar refractivity (Wildman–Crippen MR) is 123 cm³/mol. The molecular formula is C25H36N4O. The lowest BCUT2D eigenvalue weighted by atomic mass is 9.86. The van der Waals surface area contributed by atoms with E-state index in [1.165, 1.54) is 11.1 Å². The summed E-state index contributed by atoms with van der Waals surface area (Å²) in [5.41, 5.74) is 4.39. The average molecular weight is 409 g/mol. The van der Waals surface area contributed by atoms with Crippen LogP contribution in [-0.2, 0) is 5.41 Å². The van der Waals surface area contributed by atoms with E-state index in [2.05, 4.69) is 63.6 Å². The Morgan fingerprint density at radius 3 is 2.23 bits per heavy atom. The second-order valence-corrected chi connectivity index (χ2v) is 9.71. The number of rotatable bonds is 3. The van der Waals surface area contributed by atoms with Crippen LogP contribution in [0, 0.1) is 13.8 Å². The van der Waals surface area contributed by atoms with Gasteiger partial charge in [-0.3, -0.25) is 4.79 Å². The summed E-state index contributed by atoms with van der Waals surface area (Å²) < 4.78 is 0. The number of amides is 1. The number of nitrogens with zero attached hydrogens (tertiary/aromatic N) is 4. The predicted octanol–water partition coefficient (Wildman–Crippen LogP) is 4.87. The molecule has 3 rings (SSSR count). The molecule has 1 fully saturated rings. The van der Waals surface area contributed by atoms with E-state index in [4.69, 9.17) is 4.98 Å². The maximum atomic E-state index is 13.1. The highest BCUT2D eigenvalue weighted by Crippen LogP contribution is 2.29. The molecule has 0 atom stereocenters. The number of anilines is 1. The minimum absolute atomic E-state index is 0.0899. The van der Waals surface area contributed by atoms with Gasteiger partial charge in [-0.15, -0.1) is 0 Å². The Bertz CT molecular complexity index is 897. The van der Waals surface area contributed by atoms with E-state index in [0.29, 0.717) is 12.5 Å². The molecule has 0 unspecified atom stereocenters. The fourth-order valence-electron chi connectivity index (χ4n) is 4.25. The molecule has 0 radical (unpaired) electrons. The lowest BCUT2D eigenvalue weighted by molar-refractivity contribution is 0.0767. The zero-order valence-electron chi connectivity index (χ0n) is 19.6. The summed E-state index contributed by atoms with van der Waals surface area (Å²) in [6.45, 7) is 18.2. The fraction of sp³-hybridized carbons (Fsp3) is 0.560. The molecule has 1 amide bonds. The van der Waals surface area contributed by atoms with Crippen LogP contribution in [0.1, 0.15) is 80.0 Å². The van der Waals surface area contributed by atoms with Crippen molar-refractivity contribution in [2.75, 3.05) is 31.1 Å². The first-order chi connectivity index (χ1) is 14.1. The second-order valence-electron chi connectivity index (χ2n) is 9.71. The van der Waals surface area contributed by atoms with E-state index in [-0.39, 0.29) is 11.3 Å². The van der Waals surface area contributed by atoms with Gasteiger partial charge in [0.1, 0.15) is 11.6 Å². The highest BCUT2D eigenvalue weighted by molar-refractivity contribution is 5.94. The number of hydrogen-bond donors (Lipinski definition) is 0. The van der Waals surface area contributed by atoms with Gasteiger partial charge in [0.15, 0.2) is 0 Å². The van der Waals surface area contributed by atoms with Crippen LogP contribution in [0.2, 0.25) is 0 Å². The molecule has 30 heavy (non-hydrogen) atoms. The van der Waals surface area contributed by atoms with Gasteiger partial charge in [-0.25, -0.2) is 9.97 Å². The Labute approximate surface area is 181 Å². The van der Waals surface area contributed by atoms with Crippen molar-refractivity contribution in [1.29, 1.82) is 0 Å². The van der Waals surface area contributed by atoms with E-state index >= 15 is 0 Å². The number of benzene rings is 1.